The number of likely N-dealkylation sites (tertiary alicyclic amines) is 1. The molecule has 1 aliphatic rings. The Morgan fingerprint density at radius 1 is 1.55 bits per heavy atom. The second-order valence-electron chi connectivity index (χ2n) is 5.48. The van der Waals surface area contributed by atoms with Crippen molar-refractivity contribution in [2.75, 3.05) is 26.7 Å². The van der Waals surface area contributed by atoms with Crippen molar-refractivity contribution < 1.29 is 9.53 Å². The first kappa shape index (κ1) is 13.1. The van der Waals surface area contributed by atoms with Crippen molar-refractivity contribution in [2.24, 2.45) is 5.92 Å². The highest BCUT2D eigenvalue weighted by Gasteiger charge is 2.19. The summed E-state index contributed by atoms with van der Waals surface area (Å²) < 4.78 is 7.27. The number of aromatic nitrogens is 2. The zero-order chi connectivity index (χ0) is 13.9. The number of carbonyl (C=O) groups excluding carboxylic acids is 1. The monoisotopic (exact) mass is 273 g/mol. The number of hydrogen-bond donors (Lipinski definition) is 0. The van der Waals surface area contributed by atoms with Gasteiger partial charge in [0.25, 0.3) is 0 Å². The molecule has 3 heterocycles. The molecule has 0 N–H and O–H groups in total. The lowest BCUT2D eigenvalue weighted by atomic mass is 10.00. The Kier molecular flexibility index (Phi) is 3.69. The molecule has 0 saturated carbocycles. The fourth-order valence-corrected chi connectivity index (χ4v) is 2.72. The Morgan fingerprint density at radius 2 is 2.45 bits per heavy atom. The van der Waals surface area contributed by atoms with E-state index < -0.39 is 0 Å². The minimum Gasteiger partial charge on any atom is -0.461 e. The third-order valence-electron chi connectivity index (χ3n) is 3.80. The van der Waals surface area contributed by atoms with Gasteiger partial charge in [0, 0.05) is 24.2 Å². The Morgan fingerprint density at radius 3 is 3.30 bits per heavy atom. The number of nitrogens with zero attached hydrogens (tertiary/aromatic N) is 3. The molecule has 2 aromatic rings. The van der Waals surface area contributed by atoms with E-state index in [2.05, 4.69) is 16.9 Å². The van der Waals surface area contributed by atoms with Crippen LogP contribution in [0.3, 0.4) is 0 Å². The van der Waals surface area contributed by atoms with Crippen LogP contribution in [0, 0.1) is 5.92 Å². The van der Waals surface area contributed by atoms with Gasteiger partial charge in [0.15, 0.2) is 5.69 Å². The van der Waals surface area contributed by atoms with Crippen molar-refractivity contribution in [3.8, 4) is 0 Å². The summed E-state index contributed by atoms with van der Waals surface area (Å²) in [5.41, 5.74) is 1.32. The minimum absolute atomic E-state index is 0.332. The van der Waals surface area contributed by atoms with Crippen LogP contribution in [0.2, 0.25) is 0 Å². The van der Waals surface area contributed by atoms with Crippen LogP contribution in [-0.2, 0) is 4.74 Å². The first-order valence-electron chi connectivity index (χ1n) is 7.01. The Labute approximate surface area is 118 Å². The summed E-state index contributed by atoms with van der Waals surface area (Å²) in [4.78, 5) is 18.4. The number of ether oxygens (including phenoxy) is 1. The Bertz CT molecular complexity index is 608. The molecular formula is C15H19N3O2. The summed E-state index contributed by atoms with van der Waals surface area (Å²) in [6, 6.07) is 5.62. The minimum atomic E-state index is -0.332. The molecule has 2 aromatic heterocycles. The molecule has 1 saturated heterocycles. The maximum atomic E-state index is 12.0. The summed E-state index contributed by atoms with van der Waals surface area (Å²) >= 11 is 0. The summed E-state index contributed by atoms with van der Waals surface area (Å²) in [7, 11) is 2.11. The lowest BCUT2D eigenvalue weighted by Gasteiger charge is -2.29. The molecule has 0 aliphatic carbocycles. The Balaban J connectivity index is 1.60. The molecule has 0 radical (unpaired) electrons. The van der Waals surface area contributed by atoms with Gasteiger partial charge >= 0.3 is 5.97 Å². The number of rotatable bonds is 3. The zero-order valence-corrected chi connectivity index (χ0v) is 11.7. The van der Waals surface area contributed by atoms with E-state index in [1.807, 2.05) is 22.7 Å². The number of esters is 1. The third-order valence-corrected chi connectivity index (χ3v) is 3.80. The Hall–Kier alpha value is -1.88. The van der Waals surface area contributed by atoms with E-state index in [0.717, 1.165) is 25.0 Å². The van der Waals surface area contributed by atoms with Crippen LogP contribution in [0.5, 0.6) is 0 Å². The van der Waals surface area contributed by atoms with Crippen molar-refractivity contribution in [3.63, 3.8) is 0 Å². The van der Waals surface area contributed by atoms with Gasteiger partial charge in [-0.1, -0.05) is 0 Å². The predicted octanol–water partition coefficient (Wildman–Crippen LogP) is 1.83. The summed E-state index contributed by atoms with van der Waals surface area (Å²) in [6.45, 7) is 2.62. The van der Waals surface area contributed by atoms with Gasteiger partial charge in [-0.25, -0.2) is 9.78 Å². The molecule has 0 spiro atoms. The molecular weight excluding hydrogens is 254 g/mol. The van der Waals surface area contributed by atoms with Crippen LogP contribution in [0.25, 0.3) is 5.52 Å². The first-order valence-corrected chi connectivity index (χ1v) is 7.01. The molecule has 20 heavy (non-hydrogen) atoms. The second-order valence-corrected chi connectivity index (χ2v) is 5.48. The lowest BCUT2D eigenvalue weighted by Crippen LogP contribution is -2.34. The molecule has 1 fully saturated rings. The number of fused-ring (bicyclic) bond motifs is 1. The van der Waals surface area contributed by atoms with Crippen molar-refractivity contribution in [3.05, 3.63) is 36.4 Å². The quantitative estimate of drug-likeness (QED) is 0.801. The van der Waals surface area contributed by atoms with Crippen LogP contribution < -0.4 is 0 Å². The average molecular weight is 273 g/mol. The zero-order valence-electron chi connectivity index (χ0n) is 11.7. The van der Waals surface area contributed by atoms with Gasteiger partial charge in [-0.2, -0.15) is 0 Å². The van der Waals surface area contributed by atoms with Gasteiger partial charge in [0.05, 0.1) is 6.61 Å². The maximum absolute atomic E-state index is 12.0. The highest BCUT2D eigenvalue weighted by Crippen LogP contribution is 2.16. The standard InChI is InChI=1S/C15H19N3O2/c1-17-6-2-4-12(9-17)10-20-15(19)14-8-13-5-3-7-18(13)11-16-14/h3,5,7-8,11-12H,2,4,6,9-10H2,1H3/t12-/m0/s1. The van der Waals surface area contributed by atoms with Gasteiger partial charge in [-0.3, -0.25) is 0 Å². The normalized spacial score (nSPS) is 20.1. The van der Waals surface area contributed by atoms with Crippen LogP contribution >= 0.6 is 0 Å². The second kappa shape index (κ2) is 5.63. The fourth-order valence-electron chi connectivity index (χ4n) is 2.72. The maximum Gasteiger partial charge on any atom is 0.357 e. The van der Waals surface area contributed by atoms with Crippen molar-refractivity contribution in [1.82, 2.24) is 14.3 Å². The molecule has 5 nitrogen and oxygen atoms in total. The summed E-state index contributed by atoms with van der Waals surface area (Å²) in [5.74, 6) is 0.108. The molecule has 1 atom stereocenters. The largest absolute Gasteiger partial charge is 0.461 e. The van der Waals surface area contributed by atoms with E-state index in [1.165, 1.54) is 6.42 Å². The molecule has 0 amide bonds. The van der Waals surface area contributed by atoms with Crippen LogP contribution in [0.4, 0.5) is 0 Å². The topological polar surface area (TPSA) is 46.8 Å². The smallest absolute Gasteiger partial charge is 0.357 e. The van der Waals surface area contributed by atoms with E-state index in [-0.39, 0.29) is 5.97 Å². The molecule has 0 bridgehead atoms. The highest BCUT2D eigenvalue weighted by molar-refractivity contribution is 5.88. The van der Waals surface area contributed by atoms with Gasteiger partial charge in [0.2, 0.25) is 0 Å². The summed E-state index contributed by atoms with van der Waals surface area (Å²) in [6.07, 6.45) is 5.84. The third kappa shape index (κ3) is 2.82. The number of carbonyl (C=O) groups is 1. The van der Waals surface area contributed by atoms with Gasteiger partial charge in [-0.05, 0) is 44.6 Å². The van der Waals surface area contributed by atoms with E-state index >= 15 is 0 Å². The van der Waals surface area contributed by atoms with Gasteiger partial charge in [-0.15, -0.1) is 0 Å². The van der Waals surface area contributed by atoms with E-state index in [1.54, 1.807) is 12.4 Å². The fraction of sp³-hybridized carbons (Fsp3) is 0.467. The van der Waals surface area contributed by atoms with Gasteiger partial charge in [0.1, 0.15) is 6.33 Å². The van der Waals surface area contributed by atoms with Crippen molar-refractivity contribution in [1.29, 1.82) is 0 Å². The van der Waals surface area contributed by atoms with Crippen LogP contribution in [0.15, 0.2) is 30.7 Å². The van der Waals surface area contributed by atoms with Crippen molar-refractivity contribution >= 4 is 11.5 Å². The lowest BCUT2D eigenvalue weighted by molar-refractivity contribution is 0.0365. The van der Waals surface area contributed by atoms with E-state index in [0.29, 0.717) is 18.2 Å². The average Bonchev–Trinajstić information content (AvgIpc) is 2.92. The molecule has 0 unspecified atom stereocenters. The molecule has 5 heteroatoms. The molecule has 3 rings (SSSR count). The highest BCUT2D eigenvalue weighted by atomic mass is 16.5. The molecule has 106 valence electrons. The van der Waals surface area contributed by atoms with Crippen molar-refractivity contribution in [2.45, 2.75) is 12.8 Å². The first-order chi connectivity index (χ1) is 9.72. The molecule has 1 aliphatic heterocycles. The van der Waals surface area contributed by atoms with Crippen LogP contribution in [-0.4, -0.2) is 47.0 Å². The van der Waals surface area contributed by atoms with E-state index in [4.69, 9.17) is 4.74 Å². The van der Waals surface area contributed by atoms with Gasteiger partial charge < -0.3 is 14.0 Å². The number of piperidine rings is 1. The van der Waals surface area contributed by atoms with E-state index in [9.17, 15) is 4.79 Å². The predicted molar refractivity (Wildman–Crippen MR) is 75.7 cm³/mol. The SMILES string of the molecule is CN1CCC[C@H](COC(=O)c2cc3cccn3cn2)C1. The molecule has 0 aromatic carbocycles. The summed E-state index contributed by atoms with van der Waals surface area (Å²) in [5, 5.41) is 0. The van der Waals surface area contributed by atoms with Crippen LogP contribution in [0.1, 0.15) is 23.3 Å². The number of hydrogen-bond acceptors (Lipinski definition) is 4.